The third-order valence-electron chi connectivity index (χ3n) is 6.38. The number of nitrogens with one attached hydrogen (secondary N) is 1. The van der Waals surface area contributed by atoms with Crippen LogP contribution < -0.4 is 10.2 Å². The molecule has 0 spiro atoms. The van der Waals surface area contributed by atoms with Gasteiger partial charge < -0.3 is 29.9 Å². The maximum Gasteiger partial charge on any atom is 0.229 e. The maximum absolute atomic E-state index is 10.2. The molecule has 198 valence electrons. The minimum Gasteiger partial charge on any atom is -0.462 e. The first kappa shape index (κ1) is 25.7. The zero-order valence-electron chi connectivity index (χ0n) is 20.7. The third-order valence-corrected chi connectivity index (χ3v) is 6.38. The van der Waals surface area contributed by atoms with E-state index in [1.807, 2.05) is 38.1 Å². The van der Waals surface area contributed by atoms with Crippen molar-refractivity contribution in [1.29, 1.82) is 5.41 Å². The van der Waals surface area contributed by atoms with Crippen molar-refractivity contribution < 1.29 is 29.9 Å². The van der Waals surface area contributed by atoms with Gasteiger partial charge in [0.2, 0.25) is 6.29 Å². The molecular weight excluding hydrogens is 492 g/mol. The zero-order chi connectivity index (χ0) is 27.0. The molecule has 2 aromatic carbocycles. The van der Waals surface area contributed by atoms with E-state index in [9.17, 15) is 20.4 Å². The fourth-order valence-corrected chi connectivity index (χ4v) is 4.21. The van der Waals surface area contributed by atoms with Gasteiger partial charge in [0, 0.05) is 0 Å². The molecule has 0 aliphatic carbocycles. The van der Waals surface area contributed by atoms with Crippen molar-refractivity contribution in [2.45, 2.75) is 44.6 Å². The smallest absolute Gasteiger partial charge is 0.229 e. The lowest BCUT2D eigenvalue weighted by molar-refractivity contribution is -0.277. The molecule has 1 saturated heterocycles. The normalized spacial score (nSPS) is 23.8. The molecule has 5 unspecified atom stereocenters. The number of nitrogens with zero attached hydrogens (tertiary/aromatic N) is 5. The Balaban J connectivity index is 1.33. The van der Waals surface area contributed by atoms with Crippen molar-refractivity contribution >= 4 is 17.2 Å². The summed E-state index contributed by atoms with van der Waals surface area (Å²) in [5.74, 6) is 0.336. The Morgan fingerprint density at radius 1 is 1.03 bits per heavy atom. The van der Waals surface area contributed by atoms with Gasteiger partial charge in [-0.1, -0.05) is 17.7 Å². The Morgan fingerprint density at radius 3 is 2.42 bits per heavy atom. The van der Waals surface area contributed by atoms with Gasteiger partial charge in [0.25, 0.3) is 0 Å². The van der Waals surface area contributed by atoms with Crippen LogP contribution in [0.4, 0.5) is 0 Å². The minimum atomic E-state index is -1.52. The number of benzene rings is 2. The van der Waals surface area contributed by atoms with Crippen molar-refractivity contribution in [2.75, 3.05) is 6.61 Å². The van der Waals surface area contributed by atoms with Crippen molar-refractivity contribution in [3.8, 4) is 11.4 Å². The van der Waals surface area contributed by atoms with Gasteiger partial charge in [0.15, 0.2) is 11.1 Å². The predicted molar refractivity (Wildman–Crippen MR) is 136 cm³/mol. The molecule has 1 fully saturated rings. The van der Waals surface area contributed by atoms with E-state index in [2.05, 4.69) is 15.2 Å². The molecule has 1 aliphatic heterocycles. The number of aliphatic hydroxyl groups excluding tert-OH is 4. The molecule has 1 aliphatic rings. The van der Waals surface area contributed by atoms with Gasteiger partial charge in [0.1, 0.15) is 36.5 Å². The first-order valence-electron chi connectivity index (χ1n) is 12.0. The van der Waals surface area contributed by atoms with Crippen LogP contribution in [0.2, 0.25) is 0 Å². The minimum absolute atomic E-state index is 0.143. The van der Waals surface area contributed by atoms with E-state index in [4.69, 9.17) is 14.9 Å². The van der Waals surface area contributed by atoms with Crippen molar-refractivity contribution in [1.82, 2.24) is 19.4 Å². The van der Waals surface area contributed by atoms with Gasteiger partial charge in [-0.2, -0.15) is 10.2 Å². The van der Waals surface area contributed by atoms with Crippen LogP contribution in [0.5, 0.6) is 5.75 Å². The van der Waals surface area contributed by atoms with Crippen LogP contribution in [0.3, 0.4) is 0 Å². The van der Waals surface area contributed by atoms with Crippen LogP contribution >= 0.6 is 0 Å². The van der Waals surface area contributed by atoms with E-state index in [0.717, 1.165) is 11.3 Å². The van der Waals surface area contributed by atoms with Gasteiger partial charge in [-0.25, -0.2) is 14.3 Å². The highest BCUT2D eigenvalue weighted by Crippen LogP contribution is 2.24. The monoisotopic (exact) mass is 520 g/mol. The molecule has 5 rings (SSSR count). The Labute approximate surface area is 217 Å². The van der Waals surface area contributed by atoms with Crippen LogP contribution in [-0.4, -0.2) is 83.4 Å². The average Bonchev–Trinajstić information content (AvgIpc) is 3.26. The highest BCUT2D eigenvalue weighted by atomic mass is 16.7. The van der Waals surface area contributed by atoms with Crippen molar-refractivity contribution in [2.24, 2.45) is 5.10 Å². The first-order valence-corrected chi connectivity index (χ1v) is 12.0. The summed E-state index contributed by atoms with van der Waals surface area (Å²) in [6.07, 6.45) is -3.78. The number of hydrogen-bond acceptors (Lipinski definition) is 10. The highest BCUT2D eigenvalue weighted by Gasteiger charge is 2.44. The lowest BCUT2D eigenvalue weighted by Crippen LogP contribution is -2.60. The van der Waals surface area contributed by atoms with E-state index < -0.39 is 37.3 Å². The van der Waals surface area contributed by atoms with Gasteiger partial charge in [-0.05, 0) is 55.8 Å². The number of fused-ring (bicyclic) bond motifs is 1. The standard InChI is InChI=1S/C26H28N6O6/c1-14-3-7-17(8-4-14)32-25-20(15(2)30-32)24(27)31(13-28-25)29-11-16-5-9-18(10-6-16)37-26-23(36)22(35)21(34)19(12-33)38-26/h3-11,13,19,21-23,26-27,33-36H,12H2,1-2H3/b27-24?,29-11-. The number of aliphatic hydroxyl groups is 4. The molecule has 5 N–H and O–H groups in total. The number of rotatable bonds is 6. The van der Waals surface area contributed by atoms with Crippen LogP contribution in [0.25, 0.3) is 16.7 Å². The number of aryl methyl sites for hydroxylation is 2. The SMILES string of the molecule is Cc1ccc(-n2nc(C)c3c(=N)n(/N=C\c4ccc(OC5OC(CO)C(O)C(O)C5O)cc4)cnc32)cc1. The quantitative estimate of drug-likeness (QED) is 0.227. The Kier molecular flexibility index (Phi) is 7.06. The number of ether oxygens (including phenoxy) is 2. The molecule has 4 aromatic rings. The molecule has 12 nitrogen and oxygen atoms in total. The summed E-state index contributed by atoms with van der Waals surface area (Å²) in [5, 5.41) is 57.5. The molecule has 0 amide bonds. The largest absolute Gasteiger partial charge is 0.462 e. The van der Waals surface area contributed by atoms with E-state index >= 15 is 0 Å². The van der Waals surface area contributed by atoms with Crippen LogP contribution in [0.15, 0.2) is 60.0 Å². The van der Waals surface area contributed by atoms with E-state index in [1.165, 1.54) is 11.0 Å². The summed E-state index contributed by atoms with van der Waals surface area (Å²) in [7, 11) is 0. The lowest BCUT2D eigenvalue weighted by atomic mass is 9.99. The summed E-state index contributed by atoms with van der Waals surface area (Å²) in [5.41, 5.74) is 4.06. The van der Waals surface area contributed by atoms with Crippen LogP contribution in [0, 0.1) is 19.3 Å². The second-order valence-electron chi connectivity index (χ2n) is 9.10. The molecule has 3 heterocycles. The molecule has 0 saturated carbocycles. The maximum atomic E-state index is 10.2. The highest BCUT2D eigenvalue weighted by molar-refractivity contribution is 5.80. The van der Waals surface area contributed by atoms with Gasteiger partial charge in [-0.3, -0.25) is 5.41 Å². The topological polar surface area (TPSA) is 171 Å². The summed E-state index contributed by atoms with van der Waals surface area (Å²) < 4.78 is 14.0. The zero-order valence-corrected chi connectivity index (χ0v) is 20.7. The molecule has 38 heavy (non-hydrogen) atoms. The second kappa shape index (κ2) is 10.4. The second-order valence-corrected chi connectivity index (χ2v) is 9.10. The Hall–Kier alpha value is -3.94. The van der Waals surface area contributed by atoms with Crippen LogP contribution in [0.1, 0.15) is 16.8 Å². The predicted octanol–water partition coefficient (Wildman–Crippen LogP) is 0.379. The average molecular weight is 521 g/mol. The summed E-state index contributed by atoms with van der Waals surface area (Å²) >= 11 is 0. The van der Waals surface area contributed by atoms with Gasteiger partial charge in [0.05, 0.1) is 29.6 Å². The Bertz CT molecular complexity index is 1510. The van der Waals surface area contributed by atoms with E-state index in [-0.39, 0.29) is 5.49 Å². The third kappa shape index (κ3) is 4.83. The van der Waals surface area contributed by atoms with Crippen LogP contribution in [-0.2, 0) is 4.74 Å². The fraction of sp³-hybridized carbons (Fsp3) is 0.308. The number of hydrogen-bond donors (Lipinski definition) is 5. The molecule has 2 aromatic heterocycles. The van der Waals surface area contributed by atoms with Crippen molar-refractivity contribution in [3.05, 3.63) is 77.2 Å². The van der Waals surface area contributed by atoms with Crippen molar-refractivity contribution in [3.63, 3.8) is 0 Å². The van der Waals surface area contributed by atoms with E-state index in [1.54, 1.807) is 35.2 Å². The lowest BCUT2D eigenvalue weighted by Gasteiger charge is -2.39. The van der Waals surface area contributed by atoms with E-state index in [0.29, 0.717) is 28.0 Å². The molecule has 0 bridgehead atoms. The number of aromatic nitrogens is 4. The fourth-order valence-electron chi connectivity index (χ4n) is 4.21. The summed E-state index contributed by atoms with van der Waals surface area (Å²) in [6.45, 7) is 3.30. The van der Waals surface area contributed by atoms with Gasteiger partial charge in [-0.15, -0.1) is 0 Å². The first-order chi connectivity index (χ1) is 18.3. The molecule has 5 atom stereocenters. The summed E-state index contributed by atoms with van der Waals surface area (Å²) in [6, 6.07) is 14.5. The molecule has 0 radical (unpaired) electrons. The Morgan fingerprint density at radius 2 is 1.74 bits per heavy atom. The molecular formula is C26H28N6O6. The molecule has 12 heteroatoms. The van der Waals surface area contributed by atoms with Gasteiger partial charge >= 0.3 is 0 Å². The summed E-state index contributed by atoms with van der Waals surface area (Å²) in [4.78, 5) is 4.50.